The van der Waals surface area contributed by atoms with Crippen LogP contribution in [0.3, 0.4) is 0 Å². The maximum Gasteiger partial charge on any atom is 0.261 e. The van der Waals surface area contributed by atoms with E-state index in [1.807, 2.05) is 24.3 Å². The summed E-state index contributed by atoms with van der Waals surface area (Å²) in [6.45, 7) is 13.9. The van der Waals surface area contributed by atoms with Gasteiger partial charge in [-0.05, 0) is 46.5 Å². The third-order valence-electron chi connectivity index (χ3n) is 6.14. The lowest BCUT2D eigenvalue weighted by Gasteiger charge is -2.42. The Morgan fingerprint density at radius 1 is 0.759 bits per heavy atom. The van der Waals surface area contributed by atoms with Gasteiger partial charge in [0.05, 0.1) is 17.7 Å². The standard InChI is InChI=1S/C24H31NO3Si/c1-16(2)29(17(3)4,18(5)6)28-20-13-11-19(12-14-20)15-25-23(26)21-9-7-8-10-22(21)24(25)27/h7-14,16-18H,15H2,1-6H3. The molecule has 3 rings (SSSR count). The third kappa shape index (κ3) is 3.76. The van der Waals surface area contributed by atoms with E-state index in [0.717, 1.165) is 11.3 Å². The highest BCUT2D eigenvalue weighted by molar-refractivity contribution is 6.78. The van der Waals surface area contributed by atoms with Gasteiger partial charge in [0.25, 0.3) is 20.1 Å². The van der Waals surface area contributed by atoms with Gasteiger partial charge in [0.1, 0.15) is 5.75 Å². The molecule has 5 heteroatoms. The molecule has 4 nitrogen and oxygen atoms in total. The number of benzene rings is 2. The summed E-state index contributed by atoms with van der Waals surface area (Å²) in [5, 5.41) is 0. The van der Waals surface area contributed by atoms with Gasteiger partial charge in [-0.15, -0.1) is 0 Å². The van der Waals surface area contributed by atoms with Gasteiger partial charge in [-0.1, -0.05) is 65.8 Å². The van der Waals surface area contributed by atoms with Crippen molar-refractivity contribution in [3.8, 4) is 5.75 Å². The number of imide groups is 1. The fourth-order valence-electron chi connectivity index (χ4n) is 4.79. The van der Waals surface area contributed by atoms with Gasteiger partial charge in [-0.3, -0.25) is 14.5 Å². The van der Waals surface area contributed by atoms with Crippen LogP contribution in [0.25, 0.3) is 0 Å². The lowest BCUT2D eigenvalue weighted by atomic mass is 10.1. The van der Waals surface area contributed by atoms with Crippen LogP contribution in [-0.4, -0.2) is 25.0 Å². The number of nitrogens with zero attached hydrogens (tertiary/aromatic N) is 1. The van der Waals surface area contributed by atoms with Crippen molar-refractivity contribution < 1.29 is 14.0 Å². The zero-order chi connectivity index (χ0) is 21.3. The minimum atomic E-state index is -2.01. The zero-order valence-electron chi connectivity index (χ0n) is 18.2. The van der Waals surface area contributed by atoms with Crippen molar-refractivity contribution in [2.45, 2.75) is 64.7 Å². The Kier molecular flexibility index (Phi) is 5.99. The van der Waals surface area contributed by atoms with Crippen molar-refractivity contribution in [3.05, 3.63) is 65.2 Å². The first-order valence-corrected chi connectivity index (χ1v) is 12.6. The molecule has 1 aliphatic heterocycles. The molecular formula is C24H31NO3Si. The molecule has 1 aliphatic rings. The number of hydrogen-bond acceptors (Lipinski definition) is 3. The van der Waals surface area contributed by atoms with Gasteiger partial charge in [0, 0.05) is 0 Å². The average molecular weight is 410 g/mol. The predicted molar refractivity (Wildman–Crippen MR) is 119 cm³/mol. The second-order valence-electron chi connectivity index (χ2n) is 8.81. The van der Waals surface area contributed by atoms with Gasteiger partial charge in [-0.25, -0.2) is 0 Å². The van der Waals surface area contributed by atoms with Gasteiger partial charge < -0.3 is 4.43 Å². The van der Waals surface area contributed by atoms with Gasteiger partial charge >= 0.3 is 0 Å². The molecule has 0 saturated carbocycles. The lowest BCUT2D eigenvalue weighted by Crippen LogP contribution is -2.50. The van der Waals surface area contributed by atoms with Crippen LogP contribution in [0.2, 0.25) is 16.6 Å². The Labute approximate surface area is 175 Å². The molecule has 0 radical (unpaired) electrons. The van der Waals surface area contributed by atoms with Crippen molar-refractivity contribution in [1.29, 1.82) is 0 Å². The summed E-state index contributed by atoms with van der Waals surface area (Å²) in [7, 11) is -2.01. The van der Waals surface area contributed by atoms with Crippen molar-refractivity contribution in [3.63, 3.8) is 0 Å². The van der Waals surface area contributed by atoms with Crippen LogP contribution < -0.4 is 4.43 Å². The van der Waals surface area contributed by atoms with E-state index in [0.29, 0.717) is 27.8 Å². The fraction of sp³-hybridized carbons (Fsp3) is 0.417. The van der Waals surface area contributed by atoms with Crippen LogP contribution in [0.4, 0.5) is 0 Å². The molecule has 0 saturated heterocycles. The molecule has 0 spiro atoms. The Morgan fingerprint density at radius 3 is 1.62 bits per heavy atom. The maximum atomic E-state index is 12.6. The van der Waals surface area contributed by atoms with Crippen molar-refractivity contribution in [2.75, 3.05) is 0 Å². The summed E-state index contributed by atoms with van der Waals surface area (Å²) >= 11 is 0. The lowest BCUT2D eigenvalue weighted by molar-refractivity contribution is 0.0642. The Balaban J connectivity index is 1.78. The molecule has 29 heavy (non-hydrogen) atoms. The van der Waals surface area contributed by atoms with Crippen LogP contribution in [0, 0.1) is 0 Å². The number of fused-ring (bicyclic) bond motifs is 1. The van der Waals surface area contributed by atoms with E-state index in [9.17, 15) is 9.59 Å². The van der Waals surface area contributed by atoms with Gasteiger partial charge in [0.15, 0.2) is 0 Å². The van der Waals surface area contributed by atoms with Crippen molar-refractivity contribution in [1.82, 2.24) is 4.90 Å². The molecule has 0 aliphatic carbocycles. The fourth-order valence-corrected chi connectivity index (χ4v) is 10.0. The molecule has 154 valence electrons. The van der Waals surface area contributed by atoms with Crippen LogP contribution in [-0.2, 0) is 6.54 Å². The molecular weight excluding hydrogens is 378 g/mol. The first-order valence-electron chi connectivity index (χ1n) is 10.4. The highest BCUT2D eigenvalue weighted by atomic mass is 28.4. The number of amides is 2. The van der Waals surface area contributed by atoms with Gasteiger partial charge in [-0.2, -0.15) is 0 Å². The Bertz CT molecular complexity index is 846. The molecule has 2 aromatic carbocycles. The predicted octanol–water partition coefficient (Wildman–Crippen LogP) is 6.04. The quantitative estimate of drug-likeness (QED) is 0.414. The summed E-state index contributed by atoms with van der Waals surface area (Å²) in [4.78, 5) is 26.5. The molecule has 2 amide bonds. The van der Waals surface area contributed by atoms with Gasteiger partial charge in [0.2, 0.25) is 0 Å². The van der Waals surface area contributed by atoms with E-state index in [2.05, 4.69) is 41.5 Å². The first-order chi connectivity index (χ1) is 13.7. The van der Waals surface area contributed by atoms with Crippen LogP contribution in [0.5, 0.6) is 5.75 Å². The third-order valence-corrected chi connectivity index (χ3v) is 12.1. The molecule has 0 unspecified atom stereocenters. The highest BCUT2D eigenvalue weighted by Crippen LogP contribution is 2.42. The monoisotopic (exact) mass is 409 g/mol. The number of carbonyl (C=O) groups is 2. The minimum absolute atomic E-state index is 0.225. The second kappa shape index (κ2) is 8.15. The molecule has 0 aromatic heterocycles. The maximum absolute atomic E-state index is 12.6. The number of carbonyl (C=O) groups excluding carboxylic acids is 2. The van der Waals surface area contributed by atoms with E-state index >= 15 is 0 Å². The summed E-state index contributed by atoms with van der Waals surface area (Å²) in [6, 6.07) is 14.9. The molecule has 0 fully saturated rings. The normalized spacial score (nSPS) is 14.3. The summed E-state index contributed by atoms with van der Waals surface area (Å²) in [5.41, 5.74) is 3.39. The molecule has 2 aromatic rings. The number of hydrogen-bond donors (Lipinski definition) is 0. The van der Waals surface area contributed by atoms with E-state index in [-0.39, 0.29) is 18.4 Å². The first kappa shape index (κ1) is 21.3. The van der Waals surface area contributed by atoms with Crippen molar-refractivity contribution >= 4 is 20.1 Å². The van der Waals surface area contributed by atoms with E-state index in [1.54, 1.807) is 24.3 Å². The number of rotatable bonds is 7. The molecule has 0 N–H and O–H groups in total. The molecule has 0 atom stereocenters. The molecule has 1 heterocycles. The zero-order valence-corrected chi connectivity index (χ0v) is 19.2. The molecule has 0 bridgehead atoms. The summed E-state index contributed by atoms with van der Waals surface area (Å²) in [5.74, 6) is 0.424. The smallest absolute Gasteiger partial charge is 0.261 e. The highest BCUT2D eigenvalue weighted by Gasteiger charge is 2.47. The van der Waals surface area contributed by atoms with Crippen molar-refractivity contribution in [2.24, 2.45) is 0 Å². The summed E-state index contributed by atoms with van der Waals surface area (Å²) < 4.78 is 6.70. The Morgan fingerprint density at radius 2 is 1.21 bits per heavy atom. The van der Waals surface area contributed by atoms with Crippen LogP contribution in [0.1, 0.15) is 67.8 Å². The Hall–Kier alpha value is -2.40. The summed E-state index contributed by atoms with van der Waals surface area (Å²) in [6.07, 6.45) is 0. The average Bonchev–Trinajstić information content (AvgIpc) is 2.91. The SMILES string of the molecule is CC(C)[Si](Oc1ccc(CN2C(=O)c3ccccc3C2=O)cc1)(C(C)C)C(C)C. The topological polar surface area (TPSA) is 46.6 Å². The largest absolute Gasteiger partial charge is 0.543 e. The van der Waals surface area contributed by atoms with E-state index < -0.39 is 8.32 Å². The van der Waals surface area contributed by atoms with E-state index in [1.165, 1.54) is 4.90 Å². The van der Waals surface area contributed by atoms with E-state index in [4.69, 9.17) is 4.43 Å². The second-order valence-corrected chi connectivity index (χ2v) is 14.2. The minimum Gasteiger partial charge on any atom is -0.543 e. The van der Waals surface area contributed by atoms with Crippen LogP contribution >= 0.6 is 0 Å². The van der Waals surface area contributed by atoms with Crippen LogP contribution in [0.15, 0.2) is 48.5 Å².